The fourth-order valence-corrected chi connectivity index (χ4v) is 1.78. The predicted molar refractivity (Wildman–Crippen MR) is 79.7 cm³/mol. The summed E-state index contributed by atoms with van der Waals surface area (Å²) in [4.78, 5) is 0. The van der Waals surface area contributed by atoms with Crippen LogP contribution < -0.4 is 15.2 Å². The molecule has 0 aliphatic heterocycles. The maximum atomic E-state index is 12.8. The van der Waals surface area contributed by atoms with Gasteiger partial charge in [0, 0.05) is 11.1 Å². The normalized spacial score (nSPS) is 9.67. The first-order valence-corrected chi connectivity index (χ1v) is 6.47. The number of nitrogens with two attached hydrogens (primary N) is 1. The minimum absolute atomic E-state index is 0.293. The molecule has 108 valence electrons. The van der Waals surface area contributed by atoms with Crippen LogP contribution in [0.2, 0.25) is 0 Å². The van der Waals surface area contributed by atoms with Crippen molar-refractivity contribution in [3.8, 4) is 23.3 Å². The van der Waals surface area contributed by atoms with Crippen molar-refractivity contribution in [2.75, 3.05) is 13.7 Å². The number of ether oxygens (including phenoxy) is 2. The number of halogens is 1. The Kier molecular flexibility index (Phi) is 5.19. The Morgan fingerprint density at radius 2 is 1.81 bits per heavy atom. The second-order valence-electron chi connectivity index (χ2n) is 4.27. The fourth-order valence-electron chi connectivity index (χ4n) is 1.78. The van der Waals surface area contributed by atoms with Crippen molar-refractivity contribution in [1.29, 1.82) is 0 Å². The van der Waals surface area contributed by atoms with E-state index in [2.05, 4.69) is 11.8 Å². The van der Waals surface area contributed by atoms with E-state index < -0.39 is 0 Å². The zero-order valence-corrected chi connectivity index (χ0v) is 11.7. The summed E-state index contributed by atoms with van der Waals surface area (Å²) in [6.45, 7) is 0.613. The first kappa shape index (κ1) is 14.9. The minimum Gasteiger partial charge on any atom is -0.497 e. The second-order valence-corrected chi connectivity index (χ2v) is 4.27. The Balaban J connectivity index is 2.18. The maximum absolute atomic E-state index is 12.8. The van der Waals surface area contributed by atoms with Gasteiger partial charge in [0.05, 0.1) is 13.7 Å². The topological polar surface area (TPSA) is 44.5 Å². The minimum atomic E-state index is -0.293. The van der Waals surface area contributed by atoms with Crippen molar-refractivity contribution in [2.24, 2.45) is 5.73 Å². The molecule has 0 aliphatic rings. The van der Waals surface area contributed by atoms with Gasteiger partial charge in [-0.25, -0.2) is 4.39 Å². The van der Waals surface area contributed by atoms with Crippen LogP contribution in [0.15, 0.2) is 42.5 Å². The molecule has 2 N–H and O–H groups in total. The van der Waals surface area contributed by atoms with Crippen LogP contribution in [0, 0.1) is 17.7 Å². The largest absolute Gasteiger partial charge is 0.497 e. The van der Waals surface area contributed by atoms with Crippen LogP contribution in [-0.4, -0.2) is 13.7 Å². The molecule has 0 saturated carbocycles. The van der Waals surface area contributed by atoms with Gasteiger partial charge in [-0.3, -0.25) is 0 Å². The van der Waals surface area contributed by atoms with Crippen molar-refractivity contribution in [3.05, 3.63) is 59.4 Å². The van der Waals surface area contributed by atoms with Gasteiger partial charge in [-0.05, 0) is 42.5 Å². The van der Waals surface area contributed by atoms with E-state index in [-0.39, 0.29) is 5.82 Å². The summed E-state index contributed by atoms with van der Waals surface area (Å²) in [6, 6.07) is 11.4. The molecule has 2 aromatic rings. The van der Waals surface area contributed by atoms with Gasteiger partial charge in [0.2, 0.25) is 0 Å². The summed E-state index contributed by atoms with van der Waals surface area (Å²) < 4.78 is 23.7. The molecular formula is C17H16FNO2. The summed E-state index contributed by atoms with van der Waals surface area (Å²) in [7, 11) is 1.60. The van der Waals surface area contributed by atoms with Crippen LogP contribution in [0.1, 0.15) is 11.1 Å². The molecule has 3 nitrogen and oxygen atoms in total. The second kappa shape index (κ2) is 7.32. The molecule has 0 spiro atoms. The highest BCUT2D eigenvalue weighted by atomic mass is 19.1. The number of benzene rings is 2. The van der Waals surface area contributed by atoms with E-state index >= 15 is 0 Å². The molecule has 0 atom stereocenters. The quantitative estimate of drug-likeness (QED) is 0.878. The van der Waals surface area contributed by atoms with Gasteiger partial charge in [0.25, 0.3) is 0 Å². The first-order chi connectivity index (χ1) is 10.2. The fraction of sp³-hybridized carbons (Fsp3) is 0.176. The standard InChI is InChI=1S/C17H16FNO2/c1-20-17-7-4-13(3-2-10-19)14(11-17)12-21-16-8-5-15(18)6-9-16/h4-9,11H,10,12,19H2,1H3. The van der Waals surface area contributed by atoms with Crippen molar-refractivity contribution < 1.29 is 13.9 Å². The molecule has 0 fully saturated rings. The molecule has 0 heterocycles. The van der Waals surface area contributed by atoms with Crippen molar-refractivity contribution in [3.63, 3.8) is 0 Å². The highest BCUT2D eigenvalue weighted by Gasteiger charge is 2.04. The van der Waals surface area contributed by atoms with Crippen LogP contribution in [0.5, 0.6) is 11.5 Å². The van der Waals surface area contributed by atoms with Gasteiger partial charge < -0.3 is 15.2 Å². The van der Waals surface area contributed by atoms with E-state index in [9.17, 15) is 4.39 Å². The summed E-state index contributed by atoms with van der Waals surface area (Å²) >= 11 is 0. The van der Waals surface area contributed by atoms with Crippen LogP contribution in [0.25, 0.3) is 0 Å². The lowest BCUT2D eigenvalue weighted by molar-refractivity contribution is 0.304. The van der Waals surface area contributed by atoms with E-state index in [0.717, 1.165) is 16.9 Å². The molecule has 0 bridgehead atoms. The Labute approximate surface area is 123 Å². The summed E-state index contributed by atoms with van der Waals surface area (Å²) in [5.74, 6) is 6.85. The molecule has 0 aliphatic carbocycles. The summed E-state index contributed by atoms with van der Waals surface area (Å²) in [6.07, 6.45) is 0. The molecule has 21 heavy (non-hydrogen) atoms. The maximum Gasteiger partial charge on any atom is 0.123 e. The number of hydrogen-bond acceptors (Lipinski definition) is 3. The molecule has 4 heteroatoms. The van der Waals surface area contributed by atoms with Gasteiger partial charge in [-0.15, -0.1) is 0 Å². The van der Waals surface area contributed by atoms with Crippen molar-refractivity contribution in [2.45, 2.75) is 6.61 Å². The Morgan fingerprint density at radius 3 is 2.48 bits per heavy atom. The smallest absolute Gasteiger partial charge is 0.123 e. The van der Waals surface area contributed by atoms with Gasteiger partial charge in [-0.1, -0.05) is 11.8 Å². The summed E-state index contributed by atoms with van der Waals surface area (Å²) in [5.41, 5.74) is 7.12. The third-order valence-electron chi connectivity index (χ3n) is 2.85. The number of methoxy groups -OCH3 is 1. The molecule has 0 radical (unpaired) electrons. The molecule has 0 amide bonds. The molecule has 2 aromatic carbocycles. The molecule has 0 unspecified atom stereocenters. The van der Waals surface area contributed by atoms with E-state index in [1.165, 1.54) is 12.1 Å². The van der Waals surface area contributed by atoms with Crippen LogP contribution in [0.4, 0.5) is 4.39 Å². The van der Waals surface area contributed by atoms with Gasteiger partial charge in [0.15, 0.2) is 0 Å². The molecule has 0 saturated heterocycles. The predicted octanol–water partition coefficient (Wildman–Crippen LogP) is 2.72. The van der Waals surface area contributed by atoms with E-state index in [4.69, 9.17) is 15.2 Å². The SMILES string of the molecule is COc1ccc(C#CCN)c(COc2ccc(F)cc2)c1. The van der Waals surface area contributed by atoms with Gasteiger partial charge in [0.1, 0.15) is 23.9 Å². The zero-order valence-electron chi connectivity index (χ0n) is 11.7. The van der Waals surface area contributed by atoms with Gasteiger partial charge >= 0.3 is 0 Å². The summed E-state index contributed by atoms with van der Waals surface area (Å²) in [5, 5.41) is 0. The number of rotatable bonds is 4. The Hall–Kier alpha value is -2.51. The first-order valence-electron chi connectivity index (χ1n) is 6.47. The van der Waals surface area contributed by atoms with Crippen LogP contribution in [-0.2, 0) is 6.61 Å². The average Bonchev–Trinajstić information content (AvgIpc) is 2.52. The molecule has 0 aromatic heterocycles. The van der Waals surface area contributed by atoms with Crippen LogP contribution in [0.3, 0.4) is 0 Å². The van der Waals surface area contributed by atoms with E-state index in [0.29, 0.717) is 18.9 Å². The third kappa shape index (κ3) is 4.23. The monoisotopic (exact) mass is 285 g/mol. The Morgan fingerprint density at radius 1 is 1.10 bits per heavy atom. The lowest BCUT2D eigenvalue weighted by atomic mass is 10.1. The third-order valence-corrected chi connectivity index (χ3v) is 2.85. The lowest BCUT2D eigenvalue weighted by Crippen LogP contribution is -2.00. The van der Waals surface area contributed by atoms with Crippen molar-refractivity contribution in [1.82, 2.24) is 0 Å². The van der Waals surface area contributed by atoms with Gasteiger partial charge in [-0.2, -0.15) is 0 Å². The van der Waals surface area contributed by atoms with Crippen molar-refractivity contribution >= 4 is 0 Å². The number of hydrogen-bond donors (Lipinski definition) is 1. The van der Waals surface area contributed by atoms with E-state index in [1.807, 2.05) is 18.2 Å². The van der Waals surface area contributed by atoms with E-state index in [1.54, 1.807) is 19.2 Å². The molecule has 2 rings (SSSR count). The van der Waals surface area contributed by atoms with Crippen LogP contribution >= 0.6 is 0 Å². The highest BCUT2D eigenvalue weighted by molar-refractivity contribution is 5.45. The Bertz CT molecular complexity index is 657. The highest BCUT2D eigenvalue weighted by Crippen LogP contribution is 2.20. The zero-order chi connectivity index (χ0) is 15.1. The average molecular weight is 285 g/mol. The lowest BCUT2D eigenvalue weighted by Gasteiger charge is -2.10. The molecular weight excluding hydrogens is 269 g/mol.